The monoisotopic (exact) mass is 476 g/mol. The molecule has 146 valence electrons. The lowest BCUT2D eigenvalue weighted by Gasteiger charge is -2.27. The summed E-state index contributed by atoms with van der Waals surface area (Å²) >= 11 is 0. The largest absolute Gasteiger partial charge is 0.497 e. The van der Waals surface area contributed by atoms with Gasteiger partial charge in [-0.1, -0.05) is 0 Å². The molecule has 0 unspecified atom stereocenters. The van der Waals surface area contributed by atoms with Crippen molar-refractivity contribution in [3.05, 3.63) is 24.3 Å². The Kier molecular flexibility index (Phi) is 8.45. The van der Waals surface area contributed by atoms with Crippen LogP contribution >= 0.6 is 24.0 Å². The Balaban J connectivity index is 0.00000338. The van der Waals surface area contributed by atoms with Gasteiger partial charge >= 0.3 is 6.09 Å². The molecule has 0 heterocycles. The number of halogens is 1. The molecular formula is C18H29IN4O3. The molecule has 26 heavy (non-hydrogen) atoms. The number of hydrogen-bond donors (Lipinski definition) is 2. The zero-order chi connectivity index (χ0) is 18.4. The molecule has 0 aliphatic heterocycles. The zero-order valence-corrected chi connectivity index (χ0v) is 18.2. The van der Waals surface area contributed by atoms with Gasteiger partial charge in [-0.05, 0) is 57.9 Å². The summed E-state index contributed by atoms with van der Waals surface area (Å²) in [6.07, 6.45) is 1.75. The van der Waals surface area contributed by atoms with E-state index < -0.39 is 5.60 Å². The van der Waals surface area contributed by atoms with Crippen molar-refractivity contribution in [3.63, 3.8) is 0 Å². The smallest absolute Gasteiger partial charge is 0.410 e. The molecule has 3 N–H and O–H groups in total. The number of guanidine groups is 1. The second-order valence-electron chi connectivity index (χ2n) is 7.03. The van der Waals surface area contributed by atoms with Crippen LogP contribution in [-0.2, 0) is 4.74 Å². The molecule has 1 aromatic rings. The molecule has 1 aliphatic rings. The minimum absolute atomic E-state index is 0. The van der Waals surface area contributed by atoms with Gasteiger partial charge in [0.1, 0.15) is 11.4 Å². The molecule has 1 amide bonds. The Morgan fingerprint density at radius 2 is 1.92 bits per heavy atom. The van der Waals surface area contributed by atoms with E-state index >= 15 is 0 Å². The molecule has 1 fully saturated rings. The number of nitrogens with zero attached hydrogens (tertiary/aromatic N) is 2. The van der Waals surface area contributed by atoms with E-state index in [1.165, 1.54) is 0 Å². The van der Waals surface area contributed by atoms with Crippen molar-refractivity contribution in [2.24, 2.45) is 10.7 Å². The van der Waals surface area contributed by atoms with Gasteiger partial charge in [0.2, 0.25) is 0 Å². The molecule has 1 saturated carbocycles. The van der Waals surface area contributed by atoms with Crippen LogP contribution in [0, 0.1) is 0 Å². The van der Waals surface area contributed by atoms with Gasteiger partial charge in [-0.3, -0.25) is 4.99 Å². The number of carbonyl (C=O) groups excluding carboxylic acids is 1. The number of methoxy groups -OCH3 is 1. The van der Waals surface area contributed by atoms with Crippen LogP contribution in [0.3, 0.4) is 0 Å². The van der Waals surface area contributed by atoms with Crippen molar-refractivity contribution in [3.8, 4) is 5.75 Å². The fraction of sp³-hybridized carbons (Fsp3) is 0.556. The van der Waals surface area contributed by atoms with E-state index in [9.17, 15) is 4.79 Å². The molecule has 0 atom stereocenters. The van der Waals surface area contributed by atoms with Crippen molar-refractivity contribution in [2.45, 2.75) is 45.3 Å². The van der Waals surface area contributed by atoms with Crippen LogP contribution in [-0.4, -0.2) is 48.8 Å². The summed E-state index contributed by atoms with van der Waals surface area (Å²) in [4.78, 5) is 18.3. The summed E-state index contributed by atoms with van der Waals surface area (Å²) in [5, 5.41) is 3.02. The number of hydrogen-bond acceptors (Lipinski definition) is 4. The molecule has 1 aliphatic carbocycles. The lowest BCUT2D eigenvalue weighted by atomic mass is 10.2. The molecule has 2 rings (SSSR count). The standard InChI is InChI=1S/C18H28N4O3.HI/c1-18(2,3)25-17(23)22(14-7-8-14)12-11-20-16(19)21-13-5-9-15(24-4)10-6-13;/h5-6,9-10,14H,7-8,11-12H2,1-4H3,(H3,19,20,21);1H. The number of benzene rings is 1. The predicted octanol–water partition coefficient (Wildman–Crippen LogP) is 3.44. The van der Waals surface area contributed by atoms with Crippen LogP contribution < -0.4 is 15.8 Å². The number of carbonyl (C=O) groups is 1. The van der Waals surface area contributed by atoms with E-state index in [2.05, 4.69) is 10.3 Å². The van der Waals surface area contributed by atoms with E-state index in [1.54, 1.807) is 12.0 Å². The minimum Gasteiger partial charge on any atom is -0.497 e. The van der Waals surface area contributed by atoms with Gasteiger partial charge in [0, 0.05) is 18.3 Å². The lowest BCUT2D eigenvalue weighted by Crippen LogP contribution is -2.40. The first-order chi connectivity index (χ1) is 11.8. The number of anilines is 1. The van der Waals surface area contributed by atoms with Crippen LogP contribution in [0.1, 0.15) is 33.6 Å². The molecule has 0 spiro atoms. The Bertz CT molecular complexity index is 610. The highest BCUT2D eigenvalue weighted by Crippen LogP contribution is 2.28. The van der Waals surface area contributed by atoms with Gasteiger partial charge in [-0.2, -0.15) is 0 Å². The van der Waals surface area contributed by atoms with Gasteiger partial charge in [-0.25, -0.2) is 4.79 Å². The maximum Gasteiger partial charge on any atom is 0.410 e. The first-order valence-corrected chi connectivity index (χ1v) is 8.49. The predicted molar refractivity (Wildman–Crippen MR) is 114 cm³/mol. The number of aliphatic imine (C=N–C) groups is 1. The molecule has 0 aromatic heterocycles. The third-order valence-electron chi connectivity index (χ3n) is 3.60. The molecule has 1 aromatic carbocycles. The summed E-state index contributed by atoms with van der Waals surface area (Å²) in [6.45, 7) is 6.51. The SMILES string of the molecule is COc1ccc(NC(N)=NCCN(C(=O)OC(C)(C)C)C2CC2)cc1.I. The summed E-state index contributed by atoms with van der Waals surface area (Å²) in [7, 11) is 1.62. The quantitative estimate of drug-likeness (QED) is 0.373. The Morgan fingerprint density at radius 1 is 1.31 bits per heavy atom. The van der Waals surface area contributed by atoms with Crippen LogP contribution in [0.15, 0.2) is 29.3 Å². The normalized spacial score (nSPS) is 14.2. The maximum absolute atomic E-state index is 12.3. The highest BCUT2D eigenvalue weighted by Gasteiger charge is 2.34. The van der Waals surface area contributed by atoms with Crippen molar-refractivity contribution >= 4 is 41.7 Å². The first-order valence-electron chi connectivity index (χ1n) is 8.49. The minimum atomic E-state index is -0.498. The fourth-order valence-corrected chi connectivity index (χ4v) is 2.27. The van der Waals surface area contributed by atoms with Gasteiger partial charge in [-0.15, -0.1) is 24.0 Å². The average molecular weight is 476 g/mol. The van der Waals surface area contributed by atoms with Gasteiger partial charge in [0.25, 0.3) is 0 Å². The Hall–Kier alpha value is -1.71. The zero-order valence-electron chi connectivity index (χ0n) is 15.8. The molecule has 8 heteroatoms. The summed E-state index contributed by atoms with van der Waals surface area (Å²) in [5.74, 6) is 1.09. The fourth-order valence-electron chi connectivity index (χ4n) is 2.27. The van der Waals surface area contributed by atoms with Crippen LogP contribution in [0.25, 0.3) is 0 Å². The lowest BCUT2D eigenvalue weighted by molar-refractivity contribution is 0.0240. The van der Waals surface area contributed by atoms with E-state index in [1.807, 2.05) is 45.0 Å². The first kappa shape index (κ1) is 22.3. The Morgan fingerprint density at radius 3 is 2.42 bits per heavy atom. The van der Waals surface area contributed by atoms with Crippen LogP contribution in [0.4, 0.5) is 10.5 Å². The third kappa shape index (κ3) is 7.67. The van der Waals surface area contributed by atoms with Crippen molar-refractivity contribution < 1.29 is 14.3 Å². The number of nitrogens with one attached hydrogen (secondary N) is 1. The van der Waals surface area contributed by atoms with E-state index in [-0.39, 0.29) is 36.1 Å². The molecule has 0 bridgehead atoms. The second-order valence-corrected chi connectivity index (χ2v) is 7.03. The summed E-state index contributed by atoms with van der Waals surface area (Å²) in [5.41, 5.74) is 6.23. The molecular weight excluding hydrogens is 447 g/mol. The number of ether oxygens (including phenoxy) is 2. The van der Waals surface area contributed by atoms with Crippen molar-refractivity contribution in [1.82, 2.24) is 4.90 Å². The Labute approximate surface area is 172 Å². The highest BCUT2D eigenvalue weighted by molar-refractivity contribution is 14.0. The molecule has 7 nitrogen and oxygen atoms in total. The third-order valence-corrected chi connectivity index (χ3v) is 3.60. The van der Waals surface area contributed by atoms with E-state index in [0.717, 1.165) is 24.3 Å². The molecule has 0 saturated heterocycles. The van der Waals surface area contributed by atoms with E-state index in [4.69, 9.17) is 15.2 Å². The van der Waals surface area contributed by atoms with Gasteiger partial charge < -0.3 is 25.4 Å². The highest BCUT2D eigenvalue weighted by atomic mass is 127. The maximum atomic E-state index is 12.3. The topological polar surface area (TPSA) is 89.2 Å². The van der Waals surface area contributed by atoms with Crippen LogP contribution in [0.5, 0.6) is 5.75 Å². The average Bonchev–Trinajstić information content (AvgIpc) is 3.35. The van der Waals surface area contributed by atoms with Crippen LogP contribution in [0.2, 0.25) is 0 Å². The molecule has 0 radical (unpaired) electrons. The van der Waals surface area contributed by atoms with E-state index in [0.29, 0.717) is 19.0 Å². The second kappa shape index (κ2) is 9.84. The van der Waals surface area contributed by atoms with Gasteiger partial charge in [0.05, 0.1) is 13.7 Å². The number of nitrogens with two attached hydrogens (primary N) is 1. The number of amides is 1. The van der Waals surface area contributed by atoms with Gasteiger partial charge in [0.15, 0.2) is 5.96 Å². The van der Waals surface area contributed by atoms with Crippen molar-refractivity contribution in [2.75, 3.05) is 25.5 Å². The number of rotatable bonds is 6. The van der Waals surface area contributed by atoms with Crippen molar-refractivity contribution in [1.29, 1.82) is 0 Å². The summed E-state index contributed by atoms with van der Waals surface area (Å²) < 4.78 is 10.6. The summed E-state index contributed by atoms with van der Waals surface area (Å²) in [6, 6.07) is 7.66.